The zero-order chi connectivity index (χ0) is 17.9. The van der Waals surface area contributed by atoms with Gasteiger partial charge in [0.2, 0.25) is 0 Å². The molecule has 0 bridgehead atoms. The van der Waals surface area contributed by atoms with Crippen molar-refractivity contribution in [1.29, 1.82) is 0 Å². The second kappa shape index (κ2) is 11.6. The highest BCUT2D eigenvalue weighted by Crippen LogP contribution is 2.18. The fourth-order valence-electron chi connectivity index (χ4n) is 3.12. The summed E-state index contributed by atoms with van der Waals surface area (Å²) >= 11 is 0. The lowest BCUT2D eigenvalue weighted by molar-refractivity contribution is -0.185. The zero-order valence-corrected chi connectivity index (χ0v) is 15.9. The molecule has 0 saturated carbocycles. The lowest BCUT2D eigenvalue weighted by atomic mass is 10.0. The average molecular weight is 350 g/mol. The summed E-state index contributed by atoms with van der Waals surface area (Å²) in [5, 5.41) is 0. The highest BCUT2D eigenvalue weighted by molar-refractivity contribution is 5.13. The summed E-state index contributed by atoms with van der Waals surface area (Å²) in [4.78, 5) is 0. The molecule has 0 aliphatic carbocycles. The zero-order valence-electron chi connectivity index (χ0n) is 15.9. The predicted octanol–water partition coefficient (Wildman–Crippen LogP) is 4.41. The number of hydrogen-bond acceptors (Lipinski definition) is 4. The van der Waals surface area contributed by atoms with Gasteiger partial charge in [-0.15, -0.1) is 0 Å². The Kier molecular flexibility index (Phi) is 9.48. The van der Waals surface area contributed by atoms with Gasteiger partial charge in [0.1, 0.15) is 0 Å². The van der Waals surface area contributed by atoms with Crippen LogP contribution in [0.4, 0.5) is 0 Å². The Balaban J connectivity index is 1.52. The highest BCUT2D eigenvalue weighted by Gasteiger charge is 2.17. The third-order valence-corrected chi connectivity index (χ3v) is 4.88. The molecular formula is C21H35NO3. The van der Waals surface area contributed by atoms with Gasteiger partial charge in [0.15, 0.2) is 6.29 Å². The summed E-state index contributed by atoms with van der Waals surface area (Å²) in [5.41, 5.74) is 7.46. The summed E-state index contributed by atoms with van der Waals surface area (Å²) in [6, 6.07) is 10.3. The summed E-state index contributed by atoms with van der Waals surface area (Å²) in [6.45, 7) is 5.68. The quantitative estimate of drug-likeness (QED) is 0.601. The van der Waals surface area contributed by atoms with E-state index in [-0.39, 0.29) is 24.5 Å². The largest absolute Gasteiger partial charge is 0.372 e. The Hall–Kier alpha value is -0.940. The van der Waals surface area contributed by atoms with Crippen LogP contribution in [0, 0.1) is 0 Å². The SMILES string of the molecule is CC(CCCC[C@@H](N)[C@H](C)OCc1ccccc1)OC1CCCCO1. The molecule has 0 radical (unpaired) electrons. The molecular weight excluding hydrogens is 314 g/mol. The Morgan fingerprint density at radius 3 is 2.60 bits per heavy atom. The Bertz CT molecular complexity index is 448. The van der Waals surface area contributed by atoms with E-state index in [4.69, 9.17) is 19.9 Å². The van der Waals surface area contributed by atoms with Gasteiger partial charge < -0.3 is 19.9 Å². The van der Waals surface area contributed by atoms with Gasteiger partial charge in [-0.1, -0.05) is 43.2 Å². The lowest BCUT2D eigenvalue weighted by Crippen LogP contribution is -2.34. The van der Waals surface area contributed by atoms with Crippen molar-refractivity contribution >= 4 is 0 Å². The first-order valence-electron chi connectivity index (χ1n) is 9.83. The van der Waals surface area contributed by atoms with Crippen molar-refractivity contribution in [3.8, 4) is 0 Å². The van der Waals surface area contributed by atoms with Gasteiger partial charge in [-0.05, 0) is 51.5 Å². The van der Waals surface area contributed by atoms with Gasteiger partial charge in [0.25, 0.3) is 0 Å². The molecule has 2 unspecified atom stereocenters. The number of hydrogen-bond donors (Lipinski definition) is 1. The molecule has 142 valence electrons. The fourth-order valence-corrected chi connectivity index (χ4v) is 3.12. The van der Waals surface area contributed by atoms with Crippen LogP contribution in [0.25, 0.3) is 0 Å². The number of nitrogens with two attached hydrogens (primary N) is 1. The Labute approximate surface area is 153 Å². The van der Waals surface area contributed by atoms with Gasteiger partial charge >= 0.3 is 0 Å². The predicted molar refractivity (Wildman–Crippen MR) is 101 cm³/mol. The van der Waals surface area contributed by atoms with Crippen LogP contribution >= 0.6 is 0 Å². The van der Waals surface area contributed by atoms with Crippen molar-refractivity contribution in [1.82, 2.24) is 0 Å². The molecule has 1 fully saturated rings. The van der Waals surface area contributed by atoms with Crippen molar-refractivity contribution in [2.24, 2.45) is 5.73 Å². The van der Waals surface area contributed by atoms with E-state index >= 15 is 0 Å². The third-order valence-electron chi connectivity index (χ3n) is 4.88. The molecule has 2 N–H and O–H groups in total. The van der Waals surface area contributed by atoms with Crippen LogP contribution in [0.2, 0.25) is 0 Å². The van der Waals surface area contributed by atoms with Crippen LogP contribution in [0.3, 0.4) is 0 Å². The second-order valence-electron chi connectivity index (χ2n) is 7.19. The minimum atomic E-state index is 0.0115. The Morgan fingerprint density at radius 2 is 1.88 bits per heavy atom. The topological polar surface area (TPSA) is 53.7 Å². The fraction of sp³-hybridized carbons (Fsp3) is 0.714. The van der Waals surface area contributed by atoms with Crippen LogP contribution in [0.5, 0.6) is 0 Å². The van der Waals surface area contributed by atoms with Crippen molar-refractivity contribution in [3.05, 3.63) is 35.9 Å². The molecule has 1 aromatic carbocycles. The molecule has 0 spiro atoms. The Morgan fingerprint density at radius 1 is 1.12 bits per heavy atom. The maximum absolute atomic E-state index is 6.27. The van der Waals surface area contributed by atoms with E-state index in [1.165, 1.54) is 12.0 Å². The van der Waals surface area contributed by atoms with E-state index in [0.717, 1.165) is 45.1 Å². The third kappa shape index (κ3) is 8.32. The number of ether oxygens (including phenoxy) is 3. The average Bonchev–Trinajstić information content (AvgIpc) is 2.64. The number of rotatable bonds is 11. The van der Waals surface area contributed by atoms with Crippen LogP contribution < -0.4 is 5.73 Å². The highest BCUT2D eigenvalue weighted by atomic mass is 16.7. The normalized spacial score (nSPS) is 21.6. The van der Waals surface area contributed by atoms with Crippen molar-refractivity contribution in [2.45, 2.75) is 89.9 Å². The molecule has 0 aromatic heterocycles. The maximum atomic E-state index is 6.27. The van der Waals surface area contributed by atoms with Crippen molar-refractivity contribution < 1.29 is 14.2 Å². The molecule has 1 aliphatic heterocycles. The van der Waals surface area contributed by atoms with Gasteiger partial charge in [0, 0.05) is 12.6 Å². The minimum Gasteiger partial charge on any atom is -0.372 e. The maximum Gasteiger partial charge on any atom is 0.157 e. The van der Waals surface area contributed by atoms with Crippen molar-refractivity contribution in [3.63, 3.8) is 0 Å². The second-order valence-corrected chi connectivity index (χ2v) is 7.19. The first-order valence-corrected chi connectivity index (χ1v) is 9.83. The van der Waals surface area contributed by atoms with E-state index in [1.54, 1.807) is 0 Å². The first kappa shape index (κ1) is 20.4. The van der Waals surface area contributed by atoms with Gasteiger partial charge in [-0.25, -0.2) is 0 Å². The van der Waals surface area contributed by atoms with Crippen LogP contribution in [0.15, 0.2) is 30.3 Å². The lowest BCUT2D eigenvalue weighted by Gasteiger charge is -2.26. The monoisotopic (exact) mass is 349 g/mol. The molecule has 2 rings (SSSR count). The molecule has 25 heavy (non-hydrogen) atoms. The molecule has 4 heteroatoms. The molecule has 1 aromatic rings. The minimum absolute atomic E-state index is 0.0115. The van der Waals surface area contributed by atoms with Crippen LogP contribution in [0.1, 0.15) is 64.4 Å². The molecule has 1 aliphatic rings. The van der Waals surface area contributed by atoms with E-state index in [1.807, 2.05) is 18.2 Å². The van der Waals surface area contributed by atoms with E-state index in [0.29, 0.717) is 6.61 Å². The van der Waals surface area contributed by atoms with Crippen molar-refractivity contribution in [2.75, 3.05) is 6.61 Å². The molecule has 1 saturated heterocycles. The van der Waals surface area contributed by atoms with E-state index in [2.05, 4.69) is 26.0 Å². The molecule has 4 atom stereocenters. The van der Waals surface area contributed by atoms with Crippen LogP contribution in [-0.4, -0.2) is 31.1 Å². The number of benzene rings is 1. The number of unbranched alkanes of at least 4 members (excludes halogenated alkanes) is 1. The summed E-state index contributed by atoms with van der Waals surface area (Å²) in [7, 11) is 0. The van der Waals surface area contributed by atoms with E-state index in [9.17, 15) is 0 Å². The molecule has 4 nitrogen and oxygen atoms in total. The smallest absolute Gasteiger partial charge is 0.157 e. The summed E-state index contributed by atoms with van der Waals surface area (Å²) in [5.74, 6) is 0. The summed E-state index contributed by atoms with van der Waals surface area (Å²) in [6.07, 6.45) is 8.05. The van der Waals surface area contributed by atoms with Gasteiger partial charge in [-0.3, -0.25) is 0 Å². The van der Waals surface area contributed by atoms with Gasteiger partial charge in [-0.2, -0.15) is 0 Å². The van der Waals surface area contributed by atoms with E-state index < -0.39 is 0 Å². The standard InChI is InChI=1S/C21H35NO3/c1-17(25-21-14-8-9-15-23-21)10-6-7-13-20(22)18(2)24-16-19-11-4-3-5-12-19/h3-5,11-12,17-18,20-21H,6-10,13-16,22H2,1-2H3/t17?,18-,20+,21?/m0/s1. The summed E-state index contributed by atoms with van der Waals surface area (Å²) < 4.78 is 17.5. The molecule has 1 heterocycles. The van der Waals surface area contributed by atoms with Crippen LogP contribution in [-0.2, 0) is 20.8 Å². The van der Waals surface area contributed by atoms with Gasteiger partial charge in [0.05, 0.1) is 18.8 Å². The first-order chi connectivity index (χ1) is 12.1. The molecule has 0 amide bonds.